The molecule has 0 unspecified atom stereocenters. The number of aromatic nitrogens is 2. The van der Waals surface area contributed by atoms with Gasteiger partial charge in [-0.3, -0.25) is 0 Å². The fourth-order valence-corrected chi connectivity index (χ4v) is 1.02. The topological polar surface area (TPSA) is 110 Å². The van der Waals surface area contributed by atoms with Gasteiger partial charge in [0, 0.05) is 0 Å². The smallest absolute Gasteiger partial charge is 0.413 e. The highest BCUT2D eigenvalue weighted by Crippen LogP contribution is 2.17. The Labute approximate surface area is 78.3 Å². The lowest BCUT2D eigenvalue weighted by molar-refractivity contribution is -0.392. The van der Waals surface area contributed by atoms with Crippen LogP contribution in [0.15, 0.2) is 6.20 Å². The molecule has 0 aliphatic heterocycles. The lowest BCUT2D eigenvalue weighted by atomic mass is 10.6. The first-order valence-electron chi connectivity index (χ1n) is 3.76. The number of imidazole rings is 1. The Morgan fingerprint density at radius 3 is 2.93 bits per heavy atom. The Hall–Kier alpha value is -2.12. The summed E-state index contributed by atoms with van der Waals surface area (Å²) < 4.78 is 1.16. The van der Waals surface area contributed by atoms with Crippen LogP contribution in [-0.4, -0.2) is 25.7 Å². The molecule has 1 aromatic rings. The number of amides is 1. The molecule has 76 valence electrons. The maximum Gasteiger partial charge on any atom is 0.413 e. The summed E-state index contributed by atoms with van der Waals surface area (Å²) in [4.78, 5) is 23.7. The minimum Gasteiger partial charge on any atom is -0.465 e. The van der Waals surface area contributed by atoms with Gasteiger partial charge in [-0.25, -0.2) is 10.1 Å². The summed E-state index contributed by atoms with van der Waals surface area (Å²) in [7, 11) is 0. The first-order chi connectivity index (χ1) is 6.56. The van der Waals surface area contributed by atoms with E-state index in [0.717, 1.165) is 10.8 Å². The van der Waals surface area contributed by atoms with Gasteiger partial charge >= 0.3 is 17.9 Å². The normalized spacial score (nSPS) is 9.79. The molecule has 1 rings (SSSR count). The van der Waals surface area contributed by atoms with Gasteiger partial charge in [-0.05, 0) is 11.8 Å². The quantitative estimate of drug-likeness (QED) is 0.556. The Bertz CT molecular complexity index is 372. The number of rotatable bonds is 3. The molecule has 0 radical (unpaired) electrons. The minimum absolute atomic E-state index is 0.0494. The molecule has 1 aromatic heterocycles. The van der Waals surface area contributed by atoms with Crippen LogP contribution in [0.5, 0.6) is 0 Å². The third kappa shape index (κ3) is 1.79. The van der Waals surface area contributed by atoms with Crippen molar-refractivity contribution in [3.8, 4) is 0 Å². The van der Waals surface area contributed by atoms with Crippen molar-refractivity contribution in [1.82, 2.24) is 9.55 Å². The average molecular weight is 200 g/mol. The van der Waals surface area contributed by atoms with E-state index in [1.54, 1.807) is 6.92 Å². The second-order valence-corrected chi connectivity index (χ2v) is 2.37. The molecular weight excluding hydrogens is 192 g/mol. The van der Waals surface area contributed by atoms with E-state index in [0.29, 0.717) is 0 Å². The van der Waals surface area contributed by atoms with Gasteiger partial charge in [-0.15, -0.1) is 0 Å². The molecule has 0 aliphatic carbocycles. The SMILES string of the molecule is CCn1c([N+](=O)[O-])cnc1NC(=O)O. The lowest BCUT2D eigenvalue weighted by Gasteiger charge is -2.00. The molecule has 0 aromatic carbocycles. The second-order valence-electron chi connectivity index (χ2n) is 2.37. The number of carboxylic acid groups (broad SMARTS) is 1. The fourth-order valence-electron chi connectivity index (χ4n) is 1.02. The zero-order valence-electron chi connectivity index (χ0n) is 7.30. The van der Waals surface area contributed by atoms with E-state index in [1.807, 2.05) is 5.32 Å². The molecule has 1 amide bonds. The van der Waals surface area contributed by atoms with E-state index in [9.17, 15) is 14.9 Å². The minimum atomic E-state index is -1.31. The summed E-state index contributed by atoms with van der Waals surface area (Å²) in [5.74, 6) is -0.289. The number of nitrogens with one attached hydrogen (secondary N) is 1. The first-order valence-corrected chi connectivity index (χ1v) is 3.76. The van der Waals surface area contributed by atoms with Crippen molar-refractivity contribution in [3.05, 3.63) is 16.3 Å². The molecule has 0 saturated carbocycles. The second kappa shape index (κ2) is 3.73. The molecule has 0 aliphatic rings. The zero-order chi connectivity index (χ0) is 10.7. The molecule has 0 bridgehead atoms. The fraction of sp³-hybridized carbons (Fsp3) is 0.333. The number of carbonyl (C=O) groups is 1. The number of hydrogen-bond donors (Lipinski definition) is 2. The predicted octanol–water partition coefficient (Wildman–Crippen LogP) is 0.901. The highest BCUT2D eigenvalue weighted by Gasteiger charge is 2.19. The van der Waals surface area contributed by atoms with Crippen LogP contribution in [0.2, 0.25) is 0 Å². The number of anilines is 1. The van der Waals surface area contributed by atoms with Gasteiger partial charge in [0.05, 0.1) is 6.54 Å². The lowest BCUT2D eigenvalue weighted by Crippen LogP contribution is -2.13. The van der Waals surface area contributed by atoms with Gasteiger partial charge in [0.1, 0.15) is 6.20 Å². The van der Waals surface area contributed by atoms with E-state index in [1.165, 1.54) is 0 Å². The van der Waals surface area contributed by atoms with Gasteiger partial charge in [0.15, 0.2) is 0 Å². The summed E-state index contributed by atoms with van der Waals surface area (Å²) in [5.41, 5.74) is 0. The van der Waals surface area contributed by atoms with Crippen LogP contribution in [0.3, 0.4) is 0 Å². The van der Waals surface area contributed by atoms with Crippen molar-refractivity contribution < 1.29 is 14.8 Å². The van der Waals surface area contributed by atoms with Crippen LogP contribution in [0.1, 0.15) is 6.92 Å². The largest absolute Gasteiger partial charge is 0.465 e. The average Bonchev–Trinajstić information content (AvgIpc) is 2.46. The Kier molecular flexibility index (Phi) is 2.65. The highest BCUT2D eigenvalue weighted by atomic mass is 16.6. The van der Waals surface area contributed by atoms with E-state index in [2.05, 4.69) is 4.98 Å². The zero-order valence-corrected chi connectivity index (χ0v) is 7.30. The summed E-state index contributed by atoms with van der Waals surface area (Å²) in [5, 5.41) is 20.8. The Morgan fingerprint density at radius 1 is 1.86 bits per heavy atom. The van der Waals surface area contributed by atoms with Crippen molar-refractivity contribution >= 4 is 17.9 Å². The third-order valence-corrected chi connectivity index (χ3v) is 1.56. The van der Waals surface area contributed by atoms with Gasteiger partial charge < -0.3 is 15.2 Å². The molecule has 8 nitrogen and oxygen atoms in total. The van der Waals surface area contributed by atoms with Crippen LogP contribution in [0.25, 0.3) is 0 Å². The van der Waals surface area contributed by atoms with Crippen molar-refractivity contribution in [2.75, 3.05) is 5.32 Å². The molecule has 8 heteroatoms. The molecule has 14 heavy (non-hydrogen) atoms. The number of nitro groups is 1. The van der Waals surface area contributed by atoms with Crippen LogP contribution < -0.4 is 5.32 Å². The summed E-state index contributed by atoms with van der Waals surface area (Å²) in [6.45, 7) is 1.92. The first kappa shape index (κ1) is 9.96. The van der Waals surface area contributed by atoms with Crippen LogP contribution in [0.4, 0.5) is 16.6 Å². The monoisotopic (exact) mass is 200 g/mol. The van der Waals surface area contributed by atoms with Crippen molar-refractivity contribution in [1.29, 1.82) is 0 Å². The standard InChI is InChI=1S/C6H8N4O4/c1-2-9-4(10(13)14)3-7-5(9)8-6(11)12/h3H,2H2,1H3,(H,7,8)(H,11,12). The molecule has 0 atom stereocenters. The molecule has 2 N–H and O–H groups in total. The Morgan fingerprint density at radius 2 is 2.50 bits per heavy atom. The number of hydrogen-bond acceptors (Lipinski definition) is 4. The van der Waals surface area contributed by atoms with Crippen LogP contribution >= 0.6 is 0 Å². The number of nitrogens with zero attached hydrogens (tertiary/aromatic N) is 3. The maximum atomic E-state index is 10.4. The highest BCUT2D eigenvalue weighted by molar-refractivity contribution is 5.80. The third-order valence-electron chi connectivity index (χ3n) is 1.56. The van der Waals surface area contributed by atoms with E-state index < -0.39 is 11.0 Å². The molecule has 0 saturated heterocycles. The summed E-state index contributed by atoms with van der Waals surface area (Å²) in [6, 6.07) is 0. The van der Waals surface area contributed by atoms with Crippen molar-refractivity contribution in [2.24, 2.45) is 0 Å². The van der Waals surface area contributed by atoms with E-state index >= 15 is 0 Å². The molecule has 0 spiro atoms. The summed E-state index contributed by atoms with van der Waals surface area (Å²) in [6.07, 6.45) is -0.297. The van der Waals surface area contributed by atoms with Gasteiger partial charge in [-0.2, -0.15) is 9.55 Å². The van der Waals surface area contributed by atoms with Crippen LogP contribution in [0, 0.1) is 10.1 Å². The van der Waals surface area contributed by atoms with Crippen molar-refractivity contribution in [2.45, 2.75) is 13.5 Å². The maximum absolute atomic E-state index is 10.4. The predicted molar refractivity (Wildman–Crippen MR) is 46.2 cm³/mol. The Balaban J connectivity index is 3.07. The van der Waals surface area contributed by atoms with Gasteiger partial charge in [0.25, 0.3) is 0 Å². The van der Waals surface area contributed by atoms with Crippen LogP contribution in [-0.2, 0) is 6.54 Å². The van der Waals surface area contributed by atoms with Crippen molar-refractivity contribution in [3.63, 3.8) is 0 Å². The molecular formula is C6H8N4O4. The van der Waals surface area contributed by atoms with E-state index in [4.69, 9.17) is 5.11 Å². The van der Waals surface area contributed by atoms with Gasteiger partial charge in [-0.1, -0.05) is 0 Å². The van der Waals surface area contributed by atoms with Gasteiger partial charge in [0.2, 0.25) is 0 Å². The molecule has 1 heterocycles. The summed E-state index contributed by atoms with van der Waals surface area (Å²) >= 11 is 0. The molecule has 0 fully saturated rings. The van der Waals surface area contributed by atoms with E-state index in [-0.39, 0.29) is 18.3 Å².